The molecule has 1 unspecified atom stereocenters. The first-order valence-electron chi connectivity index (χ1n) is 9.62. The van der Waals surface area contributed by atoms with Gasteiger partial charge in [0.15, 0.2) is 6.40 Å². The van der Waals surface area contributed by atoms with E-state index in [2.05, 4.69) is 22.0 Å². The summed E-state index contributed by atoms with van der Waals surface area (Å²) >= 11 is 0. The second kappa shape index (κ2) is 8.35. The number of phenols is 1. The van der Waals surface area contributed by atoms with Crippen LogP contribution < -0.4 is 4.90 Å². The first-order chi connectivity index (χ1) is 14.1. The Morgan fingerprint density at radius 2 is 1.86 bits per heavy atom. The van der Waals surface area contributed by atoms with E-state index in [-0.39, 0.29) is 17.6 Å². The Morgan fingerprint density at radius 3 is 2.59 bits per heavy atom. The zero-order valence-electron chi connectivity index (χ0n) is 16.3. The summed E-state index contributed by atoms with van der Waals surface area (Å²) in [5, 5.41) is 9.90. The topological polar surface area (TPSA) is 45.1 Å². The lowest BCUT2D eigenvalue weighted by Crippen LogP contribution is -2.36. The van der Waals surface area contributed by atoms with Gasteiger partial charge in [-0.1, -0.05) is 18.2 Å². The van der Waals surface area contributed by atoms with E-state index in [0.717, 1.165) is 36.3 Å². The van der Waals surface area contributed by atoms with Gasteiger partial charge in [0, 0.05) is 12.2 Å². The van der Waals surface area contributed by atoms with Crippen LogP contribution in [0.5, 0.6) is 5.75 Å². The Morgan fingerprint density at radius 1 is 1.10 bits per heavy atom. The maximum Gasteiger partial charge on any atom is 0.174 e. The normalized spacial score (nSPS) is 16.1. The van der Waals surface area contributed by atoms with Crippen LogP contribution in [0.15, 0.2) is 71.7 Å². The molecule has 29 heavy (non-hydrogen) atoms. The number of rotatable bonds is 5. The van der Waals surface area contributed by atoms with E-state index >= 15 is 0 Å². The molecule has 3 aromatic carbocycles. The molecule has 148 valence electrons. The van der Waals surface area contributed by atoms with Gasteiger partial charge >= 0.3 is 0 Å². The molecule has 4 rings (SSSR count). The Hall–Kier alpha value is -3.34. The summed E-state index contributed by atoms with van der Waals surface area (Å²) in [5.74, 6) is 0.0536. The molecular formula is C24H23FN2O2. The fourth-order valence-electron chi connectivity index (χ4n) is 3.92. The summed E-state index contributed by atoms with van der Waals surface area (Å²) < 4.78 is 18.3. The maximum absolute atomic E-state index is 13.4. The van der Waals surface area contributed by atoms with Crippen molar-refractivity contribution in [2.45, 2.75) is 18.9 Å². The predicted molar refractivity (Wildman–Crippen MR) is 114 cm³/mol. The fraction of sp³-hybridized carbons (Fsp3) is 0.208. The van der Waals surface area contributed by atoms with Gasteiger partial charge in [0.25, 0.3) is 0 Å². The van der Waals surface area contributed by atoms with Gasteiger partial charge in [-0.3, -0.25) is 0 Å². The molecule has 1 atom stereocenters. The van der Waals surface area contributed by atoms with Crippen LogP contribution in [0, 0.1) is 5.82 Å². The number of hydrogen-bond donors (Lipinski definition) is 1. The smallest absolute Gasteiger partial charge is 0.174 e. The van der Waals surface area contributed by atoms with E-state index in [1.165, 1.54) is 29.7 Å². The van der Waals surface area contributed by atoms with Crippen LogP contribution in [0.25, 0.3) is 0 Å². The van der Waals surface area contributed by atoms with Gasteiger partial charge in [-0.05, 0) is 78.1 Å². The lowest BCUT2D eigenvalue weighted by atomic mass is 9.88. The number of nitrogens with zero attached hydrogens (tertiary/aromatic N) is 2. The summed E-state index contributed by atoms with van der Waals surface area (Å²) in [6.45, 7) is 0.809. The van der Waals surface area contributed by atoms with Gasteiger partial charge in [-0.2, -0.15) is 0 Å². The third-order valence-electron chi connectivity index (χ3n) is 5.31. The first kappa shape index (κ1) is 19.0. The molecule has 1 aliphatic rings. The minimum Gasteiger partial charge on any atom is -0.508 e. The number of methoxy groups -OCH3 is 1. The number of anilines is 1. The third kappa shape index (κ3) is 4.24. The van der Waals surface area contributed by atoms with E-state index in [1.807, 2.05) is 36.4 Å². The Kier molecular flexibility index (Phi) is 5.47. The quantitative estimate of drug-likeness (QED) is 0.482. The van der Waals surface area contributed by atoms with Crippen molar-refractivity contribution in [3.05, 3.63) is 89.2 Å². The lowest BCUT2D eigenvalue weighted by molar-refractivity contribution is 0.423. The highest BCUT2D eigenvalue weighted by atomic mass is 19.1. The summed E-state index contributed by atoms with van der Waals surface area (Å²) in [7, 11) is 1.57. The van der Waals surface area contributed by atoms with E-state index in [1.54, 1.807) is 13.2 Å². The summed E-state index contributed by atoms with van der Waals surface area (Å²) in [6, 6.07) is 20.4. The lowest BCUT2D eigenvalue weighted by Gasteiger charge is -2.39. The number of benzene rings is 3. The average molecular weight is 390 g/mol. The van der Waals surface area contributed by atoms with E-state index in [0.29, 0.717) is 0 Å². The highest BCUT2D eigenvalue weighted by molar-refractivity contribution is 5.56. The van der Waals surface area contributed by atoms with Crippen molar-refractivity contribution < 1.29 is 14.2 Å². The molecule has 0 spiro atoms. The largest absolute Gasteiger partial charge is 0.508 e. The summed E-state index contributed by atoms with van der Waals surface area (Å²) in [4.78, 5) is 6.52. The number of fused-ring (bicyclic) bond motifs is 1. The zero-order valence-corrected chi connectivity index (χ0v) is 16.3. The van der Waals surface area contributed by atoms with Gasteiger partial charge in [-0.25, -0.2) is 9.38 Å². The van der Waals surface area contributed by atoms with Crippen LogP contribution in [0.3, 0.4) is 0 Å². The molecule has 4 nitrogen and oxygen atoms in total. The van der Waals surface area contributed by atoms with Crippen molar-refractivity contribution in [1.82, 2.24) is 0 Å². The minimum atomic E-state index is -0.236. The highest BCUT2D eigenvalue weighted by Crippen LogP contribution is 2.37. The fourth-order valence-corrected chi connectivity index (χ4v) is 3.92. The Balaban J connectivity index is 1.67. The molecule has 5 heteroatoms. The molecule has 0 bridgehead atoms. The molecular weight excluding hydrogens is 367 g/mol. The monoisotopic (exact) mass is 390 g/mol. The molecule has 3 aromatic rings. The number of hydrogen-bond acceptors (Lipinski definition) is 4. The van der Waals surface area contributed by atoms with Crippen LogP contribution in [-0.2, 0) is 17.6 Å². The zero-order chi connectivity index (χ0) is 20.2. The first-order valence-corrected chi connectivity index (χ1v) is 9.62. The summed E-state index contributed by atoms with van der Waals surface area (Å²) in [6.07, 6.45) is 3.04. The number of aliphatic imine (C=N–C) groups is 1. The van der Waals surface area contributed by atoms with E-state index < -0.39 is 0 Å². The minimum absolute atomic E-state index is 0.0955. The molecule has 0 aromatic heterocycles. The maximum atomic E-state index is 13.4. The second-order valence-corrected chi connectivity index (χ2v) is 7.16. The molecule has 1 N–H and O–H groups in total. The second-order valence-electron chi connectivity index (χ2n) is 7.16. The predicted octanol–water partition coefficient (Wildman–Crippen LogP) is 5.18. The molecule has 0 amide bonds. The highest BCUT2D eigenvalue weighted by Gasteiger charge is 2.28. The van der Waals surface area contributed by atoms with Crippen molar-refractivity contribution in [3.8, 4) is 5.75 Å². The average Bonchev–Trinajstić information content (AvgIpc) is 2.74. The molecule has 0 radical (unpaired) electrons. The molecule has 0 saturated carbocycles. The van der Waals surface area contributed by atoms with Gasteiger partial charge in [0.05, 0.1) is 18.8 Å². The summed E-state index contributed by atoms with van der Waals surface area (Å²) in [5.41, 5.74) is 5.37. The van der Waals surface area contributed by atoms with Crippen molar-refractivity contribution in [2.75, 3.05) is 18.6 Å². The van der Waals surface area contributed by atoms with Crippen molar-refractivity contribution in [2.24, 2.45) is 4.99 Å². The van der Waals surface area contributed by atoms with Gasteiger partial charge in [0.1, 0.15) is 11.6 Å². The molecule has 0 fully saturated rings. The number of phenolic OH excluding ortho intramolecular Hbond substituents is 1. The molecule has 0 saturated heterocycles. The van der Waals surface area contributed by atoms with E-state index in [9.17, 15) is 9.50 Å². The van der Waals surface area contributed by atoms with Crippen LogP contribution in [0.2, 0.25) is 0 Å². The van der Waals surface area contributed by atoms with E-state index in [4.69, 9.17) is 4.74 Å². The SMILES string of the molecule is COC=Nc1ccc(CC2c3ccc(O)cc3CCN2c2ccc(F)cc2)cc1. The number of aromatic hydroxyl groups is 1. The Bertz CT molecular complexity index is 1000. The standard InChI is InChI=1S/C24H23FN2O2/c1-29-16-26-20-6-2-17(3-7-20)14-24-23-11-10-22(28)15-18(23)12-13-27(24)21-8-4-19(25)5-9-21/h2-11,15-16,24,28H,12-14H2,1H3. The molecule has 1 heterocycles. The van der Waals surface area contributed by atoms with Gasteiger partial charge in [-0.15, -0.1) is 0 Å². The number of ether oxygens (including phenoxy) is 1. The van der Waals surface area contributed by atoms with Crippen LogP contribution in [-0.4, -0.2) is 25.2 Å². The van der Waals surface area contributed by atoms with Crippen LogP contribution in [0.4, 0.5) is 15.8 Å². The van der Waals surface area contributed by atoms with Gasteiger partial charge in [0.2, 0.25) is 0 Å². The Labute approximate surface area is 169 Å². The number of halogens is 1. The molecule has 1 aliphatic heterocycles. The van der Waals surface area contributed by atoms with Crippen molar-refractivity contribution in [1.29, 1.82) is 0 Å². The van der Waals surface area contributed by atoms with Crippen molar-refractivity contribution >= 4 is 17.8 Å². The van der Waals surface area contributed by atoms with Gasteiger partial charge < -0.3 is 14.7 Å². The van der Waals surface area contributed by atoms with Crippen LogP contribution >= 0.6 is 0 Å². The molecule has 0 aliphatic carbocycles. The third-order valence-corrected chi connectivity index (χ3v) is 5.31. The van der Waals surface area contributed by atoms with Crippen LogP contribution in [0.1, 0.15) is 22.7 Å². The van der Waals surface area contributed by atoms with Crippen molar-refractivity contribution in [3.63, 3.8) is 0 Å².